The van der Waals surface area contributed by atoms with Gasteiger partial charge in [0.15, 0.2) is 0 Å². The van der Waals surface area contributed by atoms with Gasteiger partial charge in [-0.25, -0.2) is 0 Å². The molecule has 3 rings (SSSR count). The van der Waals surface area contributed by atoms with Gasteiger partial charge in [0, 0.05) is 43.4 Å². The number of ether oxygens (including phenoxy) is 1. The van der Waals surface area contributed by atoms with Crippen LogP contribution in [0.4, 0.5) is 0 Å². The molecule has 0 unspecified atom stereocenters. The van der Waals surface area contributed by atoms with Crippen molar-refractivity contribution >= 4 is 17.6 Å². The van der Waals surface area contributed by atoms with Crippen LogP contribution in [-0.2, 0) is 24.8 Å². The van der Waals surface area contributed by atoms with Crippen molar-refractivity contribution in [3.8, 4) is 17.0 Å². The van der Waals surface area contributed by atoms with Crippen molar-refractivity contribution in [2.24, 2.45) is 7.05 Å². The molecule has 0 bridgehead atoms. The summed E-state index contributed by atoms with van der Waals surface area (Å²) in [7, 11) is 3.50. The van der Waals surface area contributed by atoms with Gasteiger partial charge in [0.25, 0.3) is 0 Å². The number of hydrogen-bond donors (Lipinski definition) is 1. The maximum atomic E-state index is 11.0. The Bertz CT molecular complexity index is 757. The maximum Gasteiger partial charge on any atom is 0.317 e. The van der Waals surface area contributed by atoms with Crippen molar-refractivity contribution < 1.29 is 14.6 Å². The van der Waals surface area contributed by atoms with E-state index in [0.29, 0.717) is 23.9 Å². The highest BCUT2D eigenvalue weighted by molar-refractivity contribution is 6.33. The molecule has 6 nitrogen and oxygen atoms in total. The Morgan fingerprint density at radius 3 is 2.91 bits per heavy atom. The van der Waals surface area contributed by atoms with E-state index in [1.54, 1.807) is 13.2 Å². The molecule has 23 heavy (non-hydrogen) atoms. The third-order valence-corrected chi connectivity index (χ3v) is 4.42. The first kappa shape index (κ1) is 15.8. The molecule has 1 aliphatic rings. The minimum atomic E-state index is -0.818. The van der Waals surface area contributed by atoms with Gasteiger partial charge >= 0.3 is 5.97 Å². The van der Waals surface area contributed by atoms with Gasteiger partial charge in [-0.1, -0.05) is 11.6 Å². The van der Waals surface area contributed by atoms with Crippen molar-refractivity contribution in [1.82, 2.24) is 14.7 Å². The van der Waals surface area contributed by atoms with Gasteiger partial charge < -0.3 is 9.84 Å². The summed E-state index contributed by atoms with van der Waals surface area (Å²) in [4.78, 5) is 12.9. The summed E-state index contributed by atoms with van der Waals surface area (Å²) in [6.45, 7) is 1.31. The quantitative estimate of drug-likeness (QED) is 0.927. The van der Waals surface area contributed by atoms with Crippen LogP contribution in [0.3, 0.4) is 0 Å². The lowest BCUT2D eigenvalue weighted by Crippen LogP contribution is -2.35. The van der Waals surface area contributed by atoms with E-state index < -0.39 is 5.97 Å². The molecule has 0 amide bonds. The lowest BCUT2D eigenvalue weighted by molar-refractivity contribution is -0.138. The molecule has 1 aliphatic heterocycles. The zero-order valence-corrected chi connectivity index (χ0v) is 13.8. The van der Waals surface area contributed by atoms with E-state index >= 15 is 0 Å². The van der Waals surface area contributed by atoms with Crippen molar-refractivity contribution in [1.29, 1.82) is 0 Å². The molecule has 0 saturated carbocycles. The van der Waals surface area contributed by atoms with Crippen LogP contribution in [0, 0.1) is 0 Å². The average molecular weight is 336 g/mol. The Morgan fingerprint density at radius 1 is 1.48 bits per heavy atom. The molecule has 0 aliphatic carbocycles. The summed E-state index contributed by atoms with van der Waals surface area (Å²) in [5.74, 6) is -0.127. The van der Waals surface area contributed by atoms with Crippen LogP contribution in [0.5, 0.6) is 5.75 Å². The highest BCUT2D eigenvalue weighted by Crippen LogP contribution is 2.35. The number of carboxylic acid groups (broad SMARTS) is 1. The number of fused-ring (bicyclic) bond motifs is 1. The van der Waals surface area contributed by atoms with E-state index in [-0.39, 0.29) is 6.54 Å². The van der Waals surface area contributed by atoms with Crippen molar-refractivity contribution in [3.05, 3.63) is 34.5 Å². The van der Waals surface area contributed by atoms with Gasteiger partial charge in [0.1, 0.15) is 5.75 Å². The van der Waals surface area contributed by atoms with E-state index in [4.69, 9.17) is 21.4 Å². The topological polar surface area (TPSA) is 67.6 Å². The molecule has 0 spiro atoms. The van der Waals surface area contributed by atoms with Crippen LogP contribution in [0.25, 0.3) is 11.3 Å². The van der Waals surface area contributed by atoms with Crippen LogP contribution >= 0.6 is 11.6 Å². The molecule has 0 radical (unpaired) electrons. The van der Waals surface area contributed by atoms with Gasteiger partial charge in [-0.3, -0.25) is 14.4 Å². The number of carboxylic acids is 1. The fraction of sp³-hybridized carbons (Fsp3) is 0.375. The highest BCUT2D eigenvalue weighted by atomic mass is 35.5. The van der Waals surface area contributed by atoms with E-state index in [1.807, 2.05) is 28.8 Å². The Kier molecular flexibility index (Phi) is 4.28. The molecule has 122 valence electrons. The monoisotopic (exact) mass is 335 g/mol. The van der Waals surface area contributed by atoms with Gasteiger partial charge in [0.05, 0.1) is 24.4 Å². The van der Waals surface area contributed by atoms with Crippen LogP contribution in [0.2, 0.25) is 5.02 Å². The number of nitrogens with zero attached hydrogens (tertiary/aromatic N) is 3. The van der Waals surface area contributed by atoms with Crippen LogP contribution in [0.15, 0.2) is 18.2 Å². The number of halogens is 1. The Labute approximate surface area is 139 Å². The molecule has 7 heteroatoms. The third kappa shape index (κ3) is 3.04. The second-order valence-corrected chi connectivity index (χ2v) is 6.00. The predicted molar refractivity (Wildman–Crippen MR) is 86.8 cm³/mol. The van der Waals surface area contributed by atoms with Gasteiger partial charge in [0.2, 0.25) is 0 Å². The number of hydrogen-bond acceptors (Lipinski definition) is 4. The standard InChI is InChI=1S/C16H18ClN3O3/c1-19-14-5-6-20(9-15(21)22)8-12(14)16(18-19)11-4-3-10(23-2)7-13(11)17/h3-4,7H,5-6,8-9H2,1-2H3,(H,21,22). The number of aliphatic carboxylic acids is 1. The zero-order valence-electron chi connectivity index (χ0n) is 13.0. The Hall–Kier alpha value is -2.05. The second-order valence-electron chi connectivity index (χ2n) is 5.60. The first-order chi connectivity index (χ1) is 11.0. The van der Waals surface area contributed by atoms with Crippen LogP contribution in [0.1, 0.15) is 11.3 Å². The fourth-order valence-electron chi connectivity index (χ4n) is 3.01. The number of aryl methyl sites for hydroxylation is 1. The predicted octanol–water partition coefficient (Wildman–Crippen LogP) is 2.19. The molecule has 0 fully saturated rings. The Morgan fingerprint density at radius 2 is 2.26 bits per heavy atom. The number of rotatable bonds is 4. The maximum absolute atomic E-state index is 11.0. The van der Waals surface area contributed by atoms with E-state index in [9.17, 15) is 4.79 Å². The Balaban J connectivity index is 2.00. The normalized spacial score (nSPS) is 14.6. The van der Waals surface area contributed by atoms with Gasteiger partial charge in [-0.05, 0) is 18.2 Å². The lowest BCUT2D eigenvalue weighted by atomic mass is 10.0. The number of carbonyl (C=O) groups is 1. The van der Waals surface area contributed by atoms with Crippen LogP contribution < -0.4 is 4.74 Å². The summed E-state index contributed by atoms with van der Waals surface area (Å²) < 4.78 is 7.05. The summed E-state index contributed by atoms with van der Waals surface area (Å²) in [6, 6.07) is 5.50. The summed E-state index contributed by atoms with van der Waals surface area (Å²) >= 11 is 6.38. The fourth-order valence-corrected chi connectivity index (χ4v) is 3.27. The second kappa shape index (κ2) is 6.22. The minimum Gasteiger partial charge on any atom is -0.497 e. The summed E-state index contributed by atoms with van der Waals surface area (Å²) in [5.41, 5.74) is 3.83. The summed E-state index contributed by atoms with van der Waals surface area (Å²) in [5, 5.41) is 14.2. The number of aromatic nitrogens is 2. The molecule has 1 aromatic heterocycles. The van der Waals surface area contributed by atoms with Crippen molar-refractivity contribution in [2.75, 3.05) is 20.2 Å². The molecular formula is C16H18ClN3O3. The molecule has 1 aromatic carbocycles. The summed E-state index contributed by atoms with van der Waals surface area (Å²) in [6.07, 6.45) is 0.778. The number of benzene rings is 1. The van der Waals surface area contributed by atoms with Crippen LogP contribution in [-0.4, -0.2) is 46.0 Å². The van der Waals surface area contributed by atoms with E-state index in [2.05, 4.69) is 5.10 Å². The van der Waals surface area contributed by atoms with Crippen molar-refractivity contribution in [3.63, 3.8) is 0 Å². The van der Waals surface area contributed by atoms with Gasteiger partial charge in [-0.15, -0.1) is 0 Å². The molecule has 0 saturated heterocycles. The first-order valence-electron chi connectivity index (χ1n) is 7.32. The minimum absolute atomic E-state index is 0.0319. The van der Waals surface area contributed by atoms with E-state index in [1.165, 1.54) is 0 Å². The zero-order chi connectivity index (χ0) is 16.6. The molecular weight excluding hydrogens is 318 g/mol. The third-order valence-electron chi connectivity index (χ3n) is 4.11. The van der Waals surface area contributed by atoms with Gasteiger partial charge in [-0.2, -0.15) is 5.10 Å². The number of methoxy groups -OCH3 is 1. The first-order valence-corrected chi connectivity index (χ1v) is 7.70. The molecule has 0 atom stereocenters. The smallest absolute Gasteiger partial charge is 0.317 e. The molecule has 1 N–H and O–H groups in total. The van der Waals surface area contributed by atoms with E-state index in [0.717, 1.165) is 28.9 Å². The molecule has 2 heterocycles. The van der Waals surface area contributed by atoms with Crippen molar-refractivity contribution in [2.45, 2.75) is 13.0 Å². The average Bonchev–Trinajstić information content (AvgIpc) is 2.83. The highest BCUT2D eigenvalue weighted by Gasteiger charge is 2.26. The largest absolute Gasteiger partial charge is 0.497 e. The molecule has 2 aromatic rings. The lowest BCUT2D eigenvalue weighted by Gasteiger charge is -2.25. The SMILES string of the molecule is COc1ccc(-c2nn(C)c3c2CN(CC(=O)O)CC3)c(Cl)c1.